The third kappa shape index (κ3) is 4.43. The van der Waals surface area contributed by atoms with E-state index in [2.05, 4.69) is 10.7 Å². The molecule has 2 aromatic rings. The van der Waals surface area contributed by atoms with E-state index in [1.54, 1.807) is 0 Å². The smallest absolute Gasteiger partial charge is 0.258 e. The predicted molar refractivity (Wildman–Crippen MR) is 88.5 cm³/mol. The van der Waals surface area contributed by atoms with E-state index < -0.39 is 11.9 Å². The van der Waals surface area contributed by atoms with E-state index in [0.29, 0.717) is 5.75 Å². The van der Waals surface area contributed by atoms with Gasteiger partial charge in [0.05, 0.1) is 0 Å². The van der Waals surface area contributed by atoms with Gasteiger partial charge in [0.25, 0.3) is 11.8 Å². The van der Waals surface area contributed by atoms with Gasteiger partial charge in [0.15, 0.2) is 6.61 Å². The molecule has 2 rings (SSSR count). The first-order valence-corrected chi connectivity index (χ1v) is 7.42. The van der Waals surface area contributed by atoms with Gasteiger partial charge in [-0.1, -0.05) is 44.2 Å². The van der Waals surface area contributed by atoms with Gasteiger partial charge in [-0.2, -0.15) is 0 Å². The summed E-state index contributed by atoms with van der Waals surface area (Å²) in [7, 11) is 0. The summed E-state index contributed by atoms with van der Waals surface area (Å²) in [6.45, 7) is 3.48. The second kappa shape index (κ2) is 7.60. The van der Waals surface area contributed by atoms with E-state index in [1.165, 1.54) is 0 Å². The molecule has 0 saturated heterocycles. The molecule has 6 nitrogen and oxygen atoms in total. The van der Waals surface area contributed by atoms with Crippen molar-refractivity contribution >= 4 is 22.6 Å². The average molecular weight is 315 g/mol. The third-order valence-corrected chi connectivity index (χ3v) is 3.50. The maximum Gasteiger partial charge on any atom is 0.258 e. The SMILES string of the molecule is CC(C)[C@H](NC(=O)COc1ccc2ccccc2c1)C(=O)NN. The molecule has 0 radical (unpaired) electrons. The zero-order valence-corrected chi connectivity index (χ0v) is 13.2. The number of fused-ring (bicyclic) bond motifs is 1. The fraction of sp³-hybridized carbons (Fsp3) is 0.294. The number of hydrogen-bond donors (Lipinski definition) is 3. The van der Waals surface area contributed by atoms with Crippen molar-refractivity contribution in [3.8, 4) is 5.75 Å². The van der Waals surface area contributed by atoms with Crippen LogP contribution in [0.15, 0.2) is 42.5 Å². The van der Waals surface area contributed by atoms with Gasteiger partial charge in [-0.3, -0.25) is 15.0 Å². The van der Waals surface area contributed by atoms with Gasteiger partial charge in [-0.05, 0) is 28.8 Å². The first-order chi connectivity index (χ1) is 11.0. The lowest BCUT2D eigenvalue weighted by atomic mass is 10.0. The molecule has 23 heavy (non-hydrogen) atoms. The fourth-order valence-electron chi connectivity index (χ4n) is 2.25. The normalized spacial score (nSPS) is 12.0. The Hall–Kier alpha value is -2.60. The lowest BCUT2D eigenvalue weighted by Gasteiger charge is -2.20. The van der Waals surface area contributed by atoms with Crippen molar-refractivity contribution in [3.63, 3.8) is 0 Å². The van der Waals surface area contributed by atoms with Gasteiger partial charge in [-0.25, -0.2) is 5.84 Å². The minimum absolute atomic E-state index is 0.0804. The van der Waals surface area contributed by atoms with Crippen LogP contribution in [-0.2, 0) is 9.59 Å². The summed E-state index contributed by atoms with van der Waals surface area (Å²) >= 11 is 0. The Morgan fingerprint density at radius 2 is 1.83 bits per heavy atom. The highest BCUT2D eigenvalue weighted by molar-refractivity contribution is 5.88. The highest BCUT2D eigenvalue weighted by Gasteiger charge is 2.23. The van der Waals surface area contributed by atoms with Gasteiger partial charge in [0.2, 0.25) is 0 Å². The van der Waals surface area contributed by atoms with Crippen molar-refractivity contribution < 1.29 is 14.3 Å². The van der Waals surface area contributed by atoms with Crippen molar-refractivity contribution in [2.24, 2.45) is 11.8 Å². The van der Waals surface area contributed by atoms with E-state index in [4.69, 9.17) is 10.6 Å². The molecule has 0 aliphatic rings. The zero-order valence-electron chi connectivity index (χ0n) is 13.2. The maximum atomic E-state index is 12.0. The Balaban J connectivity index is 1.95. The Labute approximate surface area is 135 Å². The second-order valence-corrected chi connectivity index (χ2v) is 5.60. The van der Waals surface area contributed by atoms with Gasteiger partial charge >= 0.3 is 0 Å². The number of hydrogen-bond acceptors (Lipinski definition) is 4. The molecule has 0 spiro atoms. The molecule has 0 aromatic heterocycles. The third-order valence-electron chi connectivity index (χ3n) is 3.50. The molecule has 0 unspecified atom stereocenters. The number of nitrogens with two attached hydrogens (primary N) is 1. The van der Waals surface area contributed by atoms with Crippen molar-refractivity contribution in [3.05, 3.63) is 42.5 Å². The van der Waals surface area contributed by atoms with Crippen molar-refractivity contribution in [1.29, 1.82) is 0 Å². The molecule has 0 aliphatic heterocycles. The van der Waals surface area contributed by atoms with Crippen LogP contribution < -0.4 is 21.3 Å². The number of amides is 2. The first kappa shape index (κ1) is 16.8. The number of carbonyl (C=O) groups excluding carboxylic acids is 2. The van der Waals surface area contributed by atoms with Gasteiger partial charge in [0.1, 0.15) is 11.8 Å². The van der Waals surface area contributed by atoms with Crippen LogP contribution in [0.1, 0.15) is 13.8 Å². The minimum Gasteiger partial charge on any atom is -0.484 e. The molecular formula is C17H21N3O3. The van der Waals surface area contributed by atoms with Gasteiger partial charge in [-0.15, -0.1) is 0 Å². The monoisotopic (exact) mass is 315 g/mol. The van der Waals surface area contributed by atoms with Crippen LogP contribution in [0.25, 0.3) is 10.8 Å². The van der Waals surface area contributed by atoms with Crippen molar-refractivity contribution in [2.75, 3.05) is 6.61 Å². The Bertz CT molecular complexity index is 700. The van der Waals surface area contributed by atoms with Crippen LogP contribution >= 0.6 is 0 Å². The lowest BCUT2D eigenvalue weighted by Crippen LogP contribution is -2.52. The maximum absolute atomic E-state index is 12.0. The number of hydrazine groups is 1. The molecular weight excluding hydrogens is 294 g/mol. The molecule has 4 N–H and O–H groups in total. The van der Waals surface area contributed by atoms with Crippen LogP contribution in [0.2, 0.25) is 0 Å². The lowest BCUT2D eigenvalue weighted by molar-refractivity contribution is -0.131. The molecule has 122 valence electrons. The predicted octanol–water partition coefficient (Wildman–Crippen LogP) is 1.35. The summed E-state index contributed by atoms with van der Waals surface area (Å²) in [6.07, 6.45) is 0. The molecule has 2 aromatic carbocycles. The molecule has 0 aliphatic carbocycles. The standard InChI is InChI=1S/C17H21N3O3/c1-11(2)16(17(22)20-18)19-15(21)10-23-14-8-7-12-5-3-4-6-13(12)9-14/h3-9,11,16H,10,18H2,1-2H3,(H,19,21)(H,20,22)/t16-/m0/s1. The molecule has 0 heterocycles. The van der Waals surface area contributed by atoms with Crippen molar-refractivity contribution in [2.45, 2.75) is 19.9 Å². The molecule has 0 bridgehead atoms. The van der Waals surface area contributed by atoms with Crippen LogP contribution in [0, 0.1) is 5.92 Å². The Morgan fingerprint density at radius 3 is 2.48 bits per heavy atom. The van der Waals surface area contributed by atoms with Crippen LogP contribution in [0.3, 0.4) is 0 Å². The van der Waals surface area contributed by atoms with E-state index in [1.807, 2.05) is 56.3 Å². The number of rotatable bonds is 6. The summed E-state index contributed by atoms with van der Waals surface area (Å²) in [5, 5.41) is 4.75. The number of benzene rings is 2. The zero-order chi connectivity index (χ0) is 16.8. The van der Waals surface area contributed by atoms with E-state index in [-0.39, 0.29) is 18.4 Å². The molecule has 6 heteroatoms. The van der Waals surface area contributed by atoms with Crippen LogP contribution in [0.5, 0.6) is 5.75 Å². The number of carbonyl (C=O) groups is 2. The summed E-state index contributed by atoms with van der Waals surface area (Å²) in [4.78, 5) is 23.6. The second-order valence-electron chi connectivity index (χ2n) is 5.60. The largest absolute Gasteiger partial charge is 0.484 e. The highest BCUT2D eigenvalue weighted by atomic mass is 16.5. The van der Waals surface area contributed by atoms with E-state index in [0.717, 1.165) is 10.8 Å². The summed E-state index contributed by atoms with van der Waals surface area (Å²) in [5.41, 5.74) is 2.05. The van der Waals surface area contributed by atoms with Crippen LogP contribution in [-0.4, -0.2) is 24.5 Å². The summed E-state index contributed by atoms with van der Waals surface area (Å²) in [5.74, 6) is 4.84. The van der Waals surface area contributed by atoms with E-state index in [9.17, 15) is 9.59 Å². The molecule has 2 amide bonds. The Kier molecular flexibility index (Phi) is 5.54. The van der Waals surface area contributed by atoms with Gasteiger partial charge < -0.3 is 10.1 Å². The minimum atomic E-state index is -0.687. The Morgan fingerprint density at radius 1 is 1.13 bits per heavy atom. The summed E-state index contributed by atoms with van der Waals surface area (Å²) < 4.78 is 5.49. The first-order valence-electron chi connectivity index (χ1n) is 7.42. The van der Waals surface area contributed by atoms with Crippen LogP contribution in [0.4, 0.5) is 0 Å². The van der Waals surface area contributed by atoms with Crippen molar-refractivity contribution in [1.82, 2.24) is 10.7 Å². The number of nitrogens with one attached hydrogen (secondary N) is 2. The molecule has 1 atom stereocenters. The molecule has 0 saturated carbocycles. The summed E-state index contributed by atoms with van der Waals surface area (Å²) in [6, 6.07) is 12.8. The molecule has 0 fully saturated rings. The quantitative estimate of drug-likeness (QED) is 0.426. The topological polar surface area (TPSA) is 93.4 Å². The van der Waals surface area contributed by atoms with Gasteiger partial charge in [0, 0.05) is 0 Å². The fourth-order valence-corrected chi connectivity index (χ4v) is 2.25. The van der Waals surface area contributed by atoms with E-state index >= 15 is 0 Å². The highest BCUT2D eigenvalue weighted by Crippen LogP contribution is 2.20. The average Bonchev–Trinajstić information content (AvgIpc) is 2.56. The number of ether oxygens (including phenoxy) is 1.